The van der Waals surface area contributed by atoms with Crippen LogP contribution in [0.4, 0.5) is 0 Å². The summed E-state index contributed by atoms with van der Waals surface area (Å²) in [5.74, 6) is -0.209. The molecule has 3 nitrogen and oxygen atoms in total. The summed E-state index contributed by atoms with van der Waals surface area (Å²) in [4.78, 5) is 11.2. The lowest BCUT2D eigenvalue weighted by atomic mass is 10.2. The highest BCUT2D eigenvalue weighted by Crippen LogP contribution is 1.97. The van der Waals surface area contributed by atoms with Gasteiger partial charge in [-0.3, -0.25) is 4.79 Å². The van der Waals surface area contributed by atoms with Gasteiger partial charge in [0.2, 0.25) is 0 Å². The summed E-state index contributed by atoms with van der Waals surface area (Å²) < 4.78 is 4.67. The third-order valence-corrected chi connectivity index (χ3v) is 4.15. The van der Waals surface area contributed by atoms with E-state index in [9.17, 15) is 4.79 Å². The number of rotatable bonds is 17. The van der Waals surface area contributed by atoms with Crippen molar-refractivity contribution in [2.45, 2.75) is 71.3 Å². The van der Waals surface area contributed by atoms with E-state index in [-0.39, 0.29) is 12.0 Å². The molecule has 0 saturated heterocycles. The van der Waals surface area contributed by atoms with E-state index in [0.29, 0.717) is 0 Å². The first-order valence-corrected chi connectivity index (χ1v) is 10.9. The minimum absolute atomic E-state index is 0.209. The lowest BCUT2D eigenvalue weighted by Crippen LogP contribution is -2.35. The molecule has 0 fully saturated rings. The van der Waals surface area contributed by atoms with Crippen LogP contribution in [-0.4, -0.2) is 25.7 Å². The second-order valence-electron chi connectivity index (χ2n) is 6.76. The number of hydrogen-bond acceptors (Lipinski definition) is 3. The molecule has 0 saturated carbocycles. The number of carbonyl (C=O) groups is 1. The molecule has 0 aliphatic rings. The number of esters is 1. The molecular formula is C26H41NO2. The van der Waals surface area contributed by atoms with E-state index in [2.05, 4.69) is 89.9 Å². The predicted octanol–water partition coefficient (Wildman–Crippen LogP) is 6.62. The zero-order valence-electron chi connectivity index (χ0n) is 18.7. The van der Waals surface area contributed by atoms with Gasteiger partial charge in [-0.2, -0.15) is 0 Å². The molecule has 0 spiro atoms. The number of allylic oxidation sites excluding steroid dienone is 12. The molecule has 1 N–H and O–H groups in total. The summed E-state index contributed by atoms with van der Waals surface area (Å²) in [6.45, 7) is 4.80. The van der Waals surface area contributed by atoms with Crippen molar-refractivity contribution in [2.24, 2.45) is 0 Å². The van der Waals surface area contributed by atoms with Crippen molar-refractivity contribution < 1.29 is 9.53 Å². The highest BCUT2D eigenvalue weighted by Gasteiger charge is 2.10. The van der Waals surface area contributed by atoms with E-state index in [1.807, 2.05) is 6.92 Å². The Labute approximate surface area is 179 Å². The topological polar surface area (TPSA) is 38.3 Å². The van der Waals surface area contributed by atoms with Crippen LogP contribution in [0.1, 0.15) is 65.2 Å². The number of ether oxygens (including phenoxy) is 1. The van der Waals surface area contributed by atoms with Gasteiger partial charge in [0.15, 0.2) is 0 Å². The number of carbonyl (C=O) groups excluding carboxylic acids is 1. The number of nitrogens with one attached hydrogen (secondary N) is 1. The predicted molar refractivity (Wildman–Crippen MR) is 127 cm³/mol. The lowest BCUT2D eigenvalue weighted by molar-refractivity contribution is -0.142. The molecule has 162 valence electrons. The molecule has 0 aromatic rings. The second kappa shape index (κ2) is 22.2. The molecule has 0 aliphatic carbocycles. The zero-order valence-corrected chi connectivity index (χ0v) is 18.7. The van der Waals surface area contributed by atoms with Crippen molar-refractivity contribution in [1.82, 2.24) is 5.32 Å². The minimum atomic E-state index is -0.231. The Bertz CT molecular complexity index is 553. The van der Waals surface area contributed by atoms with E-state index >= 15 is 0 Å². The van der Waals surface area contributed by atoms with Crippen LogP contribution >= 0.6 is 0 Å². The molecule has 0 rings (SSSR count). The Morgan fingerprint density at radius 1 is 0.759 bits per heavy atom. The minimum Gasteiger partial charge on any atom is -0.468 e. The number of methoxy groups -OCH3 is 1. The van der Waals surface area contributed by atoms with Gasteiger partial charge in [-0.25, -0.2) is 0 Å². The van der Waals surface area contributed by atoms with Gasteiger partial charge in [0.25, 0.3) is 0 Å². The quantitative estimate of drug-likeness (QED) is 0.170. The largest absolute Gasteiger partial charge is 0.468 e. The summed E-state index contributed by atoms with van der Waals surface area (Å²) in [5.41, 5.74) is 0. The molecule has 3 heteroatoms. The molecule has 29 heavy (non-hydrogen) atoms. The zero-order chi connectivity index (χ0) is 21.4. The highest BCUT2D eigenvalue weighted by molar-refractivity contribution is 5.75. The fourth-order valence-electron chi connectivity index (χ4n) is 2.44. The summed E-state index contributed by atoms with van der Waals surface area (Å²) >= 11 is 0. The van der Waals surface area contributed by atoms with Gasteiger partial charge in [0.1, 0.15) is 6.04 Å². The first-order valence-electron chi connectivity index (χ1n) is 10.9. The molecule has 0 radical (unpaired) electrons. The van der Waals surface area contributed by atoms with Crippen molar-refractivity contribution in [3.05, 3.63) is 72.9 Å². The van der Waals surface area contributed by atoms with Crippen LogP contribution in [0.25, 0.3) is 0 Å². The molecule has 0 bridgehead atoms. The van der Waals surface area contributed by atoms with Crippen molar-refractivity contribution in [2.75, 3.05) is 13.7 Å². The smallest absolute Gasteiger partial charge is 0.322 e. The van der Waals surface area contributed by atoms with Crippen molar-refractivity contribution >= 4 is 5.97 Å². The summed E-state index contributed by atoms with van der Waals surface area (Å²) in [5, 5.41) is 3.15. The summed E-state index contributed by atoms with van der Waals surface area (Å²) in [6.07, 6.45) is 34.7. The van der Waals surface area contributed by atoms with Crippen molar-refractivity contribution in [3.63, 3.8) is 0 Å². The Morgan fingerprint density at radius 2 is 1.17 bits per heavy atom. The van der Waals surface area contributed by atoms with E-state index in [1.165, 1.54) is 7.11 Å². The van der Waals surface area contributed by atoms with E-state index in [4.69, 9.17) is 0 Å². The molecule has 0 aromatic carbocycles. The highest BCUT2D eigenvalue weighted by atomic mass is 16.5. The van der Waals surface area contributed by atoms with Gasteiger partial charge < -0.3 is 10.1 Å². The standard InChI is InChI=1S/C26H41NO2/c1-4-5-6-7-8-9-10-11-12-13-14-15-16-17-18-19-20-21-22-23-24-27-25(2)26(28)29-3/h5-6,8-9,11-12,14-15,17-18,20-21,25,27H,4,7,10,13,16,19,22-24H2,1-3H3/b6-5-,9-8-,12-11-,15-14-,18-17-,21-20-/t25-/m0/s1. The Balaban J connectivity index is 3.54. The average molecular weight is 400 g/mol. The van der Waals surface area contributed by atoms with Gasteiger partial charge in [-0.15, -0.1) is 0 Å². The molecule has 0 aromatic heterocycles. The first kappa shape index (κ1) is 26.9. The van der Waals surface area contributed by atoms with Gasteiger partial charge in [0.05, 0.1) is 7.11 Å². The van der Waals surface area contributed by atoms with Crippen LogP contribution in [0.5, 0.6) is 0 Å². The maximum Gasteiger partial charge on any atom is 0.322 e. The van der Waals surface area contributed by atoms with E-state index in [0.717, 1.165) is 57.9 Å². The number of unbranched alkanes of at least 4 members (excludes halogenated alkanes) is 1. The Hall–Kier alpha value is -2.13. The van der Waals surface area contributed by atoms with Gasteiger partial charge in [0, 0.05) is 0 Å². The summed E-state index contributed by atoms with van der Waals surface area (Å²) in [7, 11) is 1.41. The molecular weight excluding hydrogens is 358 g/mol. The van der Waals surface area contributed by atoms with Crippen LogP contribution < -0.4 is 5.32 Å². The van der Waals surface area contributed by atoms with Crippen molar-refractivity contribution in [1.29, 1.82) is 0 Å². The van der Waals surface area contributed by atoms with Crippen LogP contribution in [0.3, 0.4) is 0 Å². The van der Waals surface area contributed by atoms with E-state index in [1.54, 1.807) is 0 Å². The summed E-state index contributed by atoms with van der Waals surface area (Å²) in [6, 6.07) is -0.231. The maximum atomic E-state index is 11.2. The monoisotopic (exact) mass is 399 g/mol. The fraction of sp³-hybridized carbons (Fsp3) is 0.500. The lowest BCUT2D eigenvalue weighted by Gasteiger charge is -2.10. The first-order chi connectivity index (χ1) is 14.2. The molecule has 0 heterocycles. The second-order valence-corrected chi connectivity index (χ2v) is 6.76. The SMILES string of the molecule is CC/C=C\C/C=C\C/C=C\C/C=C\C/C=C\C/C=C\CCCN[C@@H](C)C(=O)OC. The van der Waals surface area contributed by atoms with Crippen molar-refractivity contribution in [3.8, 4) is 0 Å². The Morgan fingerprint density at radius 3 is 1.59 bits per heavy atom. The molecule has 1 atom stereocenters. The van der Waals surface area contributed by atoms with Crippen LogP contribution in [-0.2, 0) is 9.53 Å². The average Bonchev–Trinajstić information content (AvgIpc) is 2.74. The third kappa shape index (κ3) is 20.4. The van der Waals surface area contributed by atoms with Crippen LogP contribution in [0.15, 0.2) is 72.9 Å². The molecule has 0 aliphatic heterocycles. The fourth-order valence-corrected chi connectivity index (χ4v) is 2.44. The number of hydrogen-bond donors (Lipinski definition) is 1. The Kier molecular flexibility index (Phi) is 20.5. The molecule has 0 amide bonds. The maximum absolute atomic E-state index is 11.2. The molecule has 0 unspecified atom stereocenters. The normalized spacial score (nSPS) is 13.9. The van der Waals surface area contributed by atoms with Gasteiger partial charge in [-0.1, -0.05) is 79.8 Å². The van der Waals surface area contributed by atoms with Gasteiger partial charge >= 0.3 is 5.97 Å². The van der Waals surface area contributed by atoms with Crippen LogP contribution in [0.2, 0.25) is 0 Å². The van der Waals surface area contributed by atoms with Gasteiger partial charge in [-0.05, 0) is 64.8 Å². The van der Waals surface area contributed by atoms with Crippen LogP contribution in [0, 0.1) is 0 Å². The van der Waals surface area contributed by atoms with E-state index < -0.39 is 0 Å². The third-order valence-electron chi connectivity index (χ3n) is 4.15.